The van der Waals surface area contributed by atoms with Gasteiger partial charge in [0.15, 0.2) is 0 Å². The van der Waals surface area contributed by atoms with Crippen LogP contribution in [0.1, 0.15) is 37.5 Å². The number of hydrogen-bond acceptors (Lipinski definition) is 6. The molecule has 7 nitrogen and oxygen atoms in total. The van der Waals surface area contributed by atoms with Gasteiger partial charge in [0.2, 0.25) is 0 Å². The maximum Gasteiger partial charge on any atom is 0.329 e. The number of carbonyl (C=O) groups is 1. The summed E-state index contributed by atoms with van der Waals surface area (Å²) in [5, 5.41) is 8.82. The lowest BCUT2D eigenvalue weighted by molar-refractivity contribution is -0.143. The van der Waals surface area contributed by atoms with Gasteiger partial charge in [-0.05, 0) is 60.6 Å². The van der Waals surface area contributed by atoms with Gasteiger partial charge in [0.05, 0.1) is 27.4 Å². The lowest BCUT2D eigenvalue weighted by Crippen LogP contribution is -2.34. The molecule has 0 atom stereocenters. The van der Waals surface area contributed by atoms with Crippen LogP contribution >= 0.6 is 0 Å². The van der Waals surface area contributed by atoms with Crippen LogP contribution in [0.3, 0.4) is 0 Å². The molecule has 0 aliphatic heterocycles. The molecule has 0 bridgehead atoms. The Morgan fingerprint density at radius 3 is 1.53 bits per heavy atom. The predicted octanol–water partition coefficient (Wildman–Crippen LogP) is 5.46. The number of carboxylic acids is 1. The Kier molecular flexibility index (Phi) is 13.3. The summed E-state index contributed by atoms with van der Waals surface area (Å²) in [4.78, 5) is 13.1. The third-order valence-electron chi connectivity index (χ3n) is 6.29. The monoisotopic (exact) mass is 523 g/mol. The molecule has 0 heterocycles. The van der Waals surface area contributed by atoms with Gasteiger partial charge < -0.3 is 29.0 Å². The van der Waals surface area contributed by atoms with Crippen LogP contribution in [0.25, 0.3) is 0 Å². The molecule has 0 unspecified atom stereocenters. The number of aliphatic carboxylic acids is 1. The van der Waals surface area contributed by atoms with E-state index < -0.39 is 11.6 Å². The van der Waals surface area contributed by atoms with E-state index in [0.717, 1.165) is 28.2 Å². The van der Waals surface area contributed by atoms with Crippen molar-refractivity contribution in [3.05, 3.63) is 95.6 Å². The Balaban J connectivity index is 0.000000638. The fourth-order valence-corrected chi connectivity index (χ4v) is 4.16. The first-order valence-electron chi connectivity index (χ1n) is 12.9. The average molecular weight is 524 g/mol. The van der Waals surface area contributed by atoms with E-state index in [-0.39, 0.29) is 19.8 Å². The summed E-state index contributed by atoms with van der Waals surface area (Å²) < 4.78 is 22.4. The number of ether oxygens (including phenoxy) is 4. The number of hydrogen-bond donors (Lipinski definition) is 1. The van der Waals surface area contributed by atoms with Gasteiger partial charge in [-0.15, -0.1) is 0 Å². The average Bonchev–Trinajstić information content (AvgIpc) is 2.97. The van der Waals surface area contributed by atoms with Crippen molar-refractivity contribution >= 4 is 5.97 Å². The normalized spacial score (nSPS) is 11.0. The summed E-state index contributed by atoms with van der Waals surface area (Å²) in [7, 11) is 3.25. The fraction of sp³-hybridized carbons (Fsp3) is 0.387. The number of rotatable bonds is 14. The van der Waals surface area contributed by atoms with Gasteiger partial charge in [0.1, 0.15) is 23.7 Å². The first-order chi connectivity index (χ1) is 18.4. The third kappa shape index (κ3) is 8.58. The van der Waals surface area contributed by atoms with Gasteiger partial charge in [0.25, 0.3) is 0 Å². The molecular weight excluding hydrogens is 482 g/mol. The summed E-state index contributed by atoms with van der Waals surface area (Å²) in [5.74, 6) is 0.468. The van der Waals surface area contributed by atoms with Crippen molar-refractivity contribution in [2.75, 3.05) is 53.7 Å². The lowest BCUT2D eigenvalue weighted by atomic mass is 9.80. The van der Waals surface area contributed by atoms with Gasteiger partial charge >= 0.3 is 5.97 Å². The molecular formula is C31H41NO6. The highest BCUT2D eigenvalue weighted by molar-refractivity contribution is 5.68. The molecule has 3 aromatic rings. The van der Waals surface area contributed by atoms with Crippen LogP contribution in [0, 0.1) is 0 Å². The number of nitrogens with zero attached hydrogens (tertiary/aromatic N) is 1. The topological polar surface area (TPSA) is 77.5 Å². The van der Waals surface area contributed by atoms with E-state index in [1.54, 1.807) is 14.2 Å². The number of benzene rings is 3. The van der Waals surface area contributed by atoms with Crippen LogP contribution < -0.4 is 9.47 Å². The van der Waals surface area contributed by atoms with Crippen molar-refractivity contribution in [3.63, 3.8) is 0 Å². The SMILES string of the molecule is CCN(CC)CC.COc1ccc(C(OCCOCC(=O)O)(c2ccccc2)c2ccc(OC)cc2)cc1. The van der Waals surface area contributed by atoms with Crippen LogP contribution in [0.5, 0.6) is 11.5 Å². The fourth-order valence-electron chi connectivity index (χ4n) is 4.16. The van der Waals surface area contributed by atoms with Gasteiger partial charge in [-0.25, -0.2) is 4.79 Å². The van der Waals surface area contributed by atoms with Crippen molar-refractivity contribution in [2.45, 2.75) is 26.4 Å². The number of methoxy groups -OCH3 is 2. The number of carboxylic acid groups (broad SMARTS) is 1. The maximum atomic E-state index is 10.8. The summed E-state index contributed by atoms with van der Waals surface area (Å²) in [6, 6.07) is 25.3. The third-order valence-corrected chi connectivity index (χ3v) is 6.29. The smallest absolute Gasteiger partial charge is 0.329 e. The molecule has 0 aliphatic carbocycles. The first-order valence-corrected chi connectivity index (χ1v) is 12.9. The quantitative estimate of drug-likeness (QED) is 0.222. The molecule has 0 saturated heterocycles. The Bertz CT molecular complexity index is 997. The van der Waals surface area contributed by atoms with Crippen molar-refractivity contribution in [1.29, 1.82) is 0 Å². The minimum Gasteiger partial charge on any atom is -0.497 e. The molecule has 3 rings (SSSR count). The van der Waals surface area contributed by atoms with E-state index in [2.05, 4.69) is 25.7 Å². The summed E-state index contributed by atoms with van der Waals surface area (Å²) in [5.41, 5.74) is 1.81. The minimum atomic E-state index is -1.01. The van der Waals surface area contributed by atoms with Crippen LogP contribution in [0.4, 0.5) is 0 Å². The van der Waals surface area contributed by atoms with Gasteiger partial charge in [-0.2, -0.15) is 0 Å². The standard InChI is InChI=1S/C25H26O6.C6H15N/c1-28-22-12-8-20(9-13-22)25(19-6-4-3-5-7-19,31-17-16-30-18-24(26)27)21-10-14-23(29-2)15-11-21;1-4-7(5-2)6-3/h3-15H,16-18H2,1-2H3,(H,26,27);4-6H2,1-3H3. The molecule has 0 fully saturated rings. The van der Waals surface area contributed by atoms with Crippen LogP contribution in [0.15, 0.2) is 78.9 Å². The summed E-state index contributed by atoms with van der Waals surface area (Å²) >= 11 is 0. The van der Waals surface area contributed by atoms with Crippen molar-refractivity contribution < 1.29 is 28.8 Å². The Morgan fingerprint density at radius 2 is 1.16 bits per heavy atom. The molecule has 0 aliphatic rings. The molecule has 3 aromatic carbocycles. The highest BCUT2D eigenvalue weighted by Crippen LogP contribution is 2.41. The zero-order valence-corrected chi connectivity index (χ0v) is 23.2. The van der Waals surface area contributed by atoms with Gasteiger partial charge in [0, 0.05) is 0 Å². The van der Waals surface area contributed by atoms with Crippen molar-refractivity contribution in [1.82, 2.24) is 4.90 Å². The summed E-state index contributed by atoms with van der Waals surface area (Å²) in [6.45, 7) is 10.1. The van der Waals surface area contributed by atoms with E-state index in [0.29, 0.717) is 0 Å². The van der Waals surface area contributed by atoms with E-state index in [9.17, 15) is 4.79 Å². The van der Waals surface area contributed by atoms with Crippen LogP contribution in [0.2, 0.25) is 0 Å². The maximum absolute atomic E-state index is 10.8. The van der Waals surface area contributed by atoms with Crippen molar-refractivity contribution in [3.8, 4) is 11.5 Å². The molecule has 0 amide bonds. The first kappa shape index (κ1) is 30.8. The Labute approximate surface area is 226 Å². The second-order valence-electron chi connectivity index (χ2n) is 8.42. The van der Waals surface area contributed by atoms with Crippen LogP contribution in [-0.4, -0.2) is 69.7 Å². The van der Waals surface area contributed by atoms with E-state index in [4.69, 9.17) is 24.1 Å². The molecule has 0 saturated carbocycles. The second-order valence-corrected chi connectivity index (χ2v) is 8.42. The van der Waals surface area contributed by atoms with Gasteiger partial charge in [-0.3, -0.25) is 0 Å². The lowest BCUT2D eigenvalue weighted by Gasteiger charge is -2.36. The van der Waals surface area contributed by atoms with Crippen LogP contribution in [-0.2, 0) is 19.9 Å². The molecule has 0 aromatic heterocycles. The summed E-state index contributed by atoms with van der Waals surface area (Å²) in [6.07, 6.45) is 0. The minimum absolute atomic E-state index is 0.146. The van der Waals surface area contributed by atoms with E-state index >= 15 is 0 Å². The largest absolute Gasteiger partial charge is 0.497 e. The van der Waals surface area contributed by atoms with E-state index in [1.807, 2.05) is 78.9 Å². The molecule has 7 heteroatoms. The molecule has 0 spiro atoms. The zero-order chi connectivity index (χ0) is 27.8. The Morgan fingerprint density at radius 1 is 0.711 bits per heavy atom. The molecule has 0 radical (unpaired) electrons. The highest BCUT2D eigenvalue weighted by atomic mass is 16.5. The van der Waals surface area contributed by atoms with Crippen molar-refractivity contribution in [2.24, 2.45) is 0 Å². The zero-order valence-electron chi connectivity index (χ0n) is 23.2. The predicted molar refractivity (Wildman–Crippen MR) is 150 cm³/mol. The Hall–Kier alpha value is -3.39. The molecule has 38 heavy (non-hydrogen) atoms. The second kappa shape index (κ2) is 16.5. The van der Waals surface area contributed by atoms with Gasteiger partial charge in [-0.1, -0.05) is 75.4 Å². The highest BCUT2D eigenvalue weighted by Gasteiger charge is 2.37. The molecule has 1 N–H and O–H groups in total. The molecule has 206 valence electrons. The van der Waals surface area contributed by atoms with E-state index in [1.165, 1.54) is 19.6 Å².